The Balaban J connectivity index is 1.04. The quantitative estimate of drug-likeness (QED) is 0.121. The van der Waals surface area contributed by atoms with Crippen molar-refractivity contribution in [2.24, 2.45) is 0 Å². The van der Waals surface area contributed by atoms with Crippen LogP contribution in [0.5, 0.6) is 0 Å². The van der Waals surface area contributed by atoms with E-state index in [9.17, 15) is 0 Å². The smallest absolute Gasteiger partial charge is 0.182 e. The van der Waals surface area contributed by atoms with Crippen LogP contribution in [0.25, 0.3) is 95.5 Å². The molecule has 14 rings (SSSR count). The number of hydrogen-bond donors (Lipinski definition) is 0. The highest BCUT2D eigenvalue weighted by atomic mass is 32.1. The minimum atomic E-state index is -3.03. The Labute approximate surface area is 383 Å². The largest absolute Gasteiger partial charge is 0.309 e. The molecule has 0 aliphatic carbocycles. The molecule has 304 valence electrons. The first kappa shape index (κ1) is 36.8. The SMILES string of the molecule is c1ccc([Si](c2ccccc2)(c2cccc3c2sc2ccc(-n4c5ccccc5c5ccccc54)cc23)c2cccc3c2sc2ccc(-n4c5ccccc5c5cccnc54)cc23)cc1. The van der Waals surface area contributed by atoms with E-state index in [-0.39, 0.29) is 0 Å². The van der Waals surface area contributed by atoms with E-state index in [4.69, 9.17) is 4.98 Å². The molecule has 0 bridgehead atoms. The van der Waals surface area contributed by atoms with Crippen molar-refractivity contribution in [1.29, 1.82) is 0 Å². The van der Waals surface area contributed by atoms with Gasteiger partial charge in [-0.3, -0.25) is 4.57 Å². The Morgan fingerprint density at radius 1 is 0.338 bits per heavy atom. The first-order valence-electron chi connectivity index (χ1n) is 22.1. The van der Waals surface area contributed by atoms with Gasteiger partial charge in [0.2, 0.25) is 0 Å². The van der Waals surface area contributed by atoms with Crippen molar-refractivity contribution in [2.75, 3.05) is 0 Å². The summed E-state index contributed by atoms with van der Waals surface area (Å²) >= 11 is 3.88. The summed E-state index contributed by atoms with van der Waals surface area (Å²) in [5.41, 5.74) is 6.90. The first-order valence-corrected chi connectivity index (χ1v) is 25.7. The zero-order chi connectivity index (χ0) is 42.6. The van der Waals surface area contributed by atoms with Crippen molar-refractivity contribution in [3.8, 4) is 11.4 Å². The molecule has 0 atom stereocenters. The third kappa shape index (κ3) is 5.24. The van der Waals surface area contributed by atoms with Gasteiger partial charge in [-0.15, -0.1) is 22.7 Å². The van der Waals surface area contributed by atoms with Gasteiger partial charge in [-0.2, -0.15) is 0 Å². The summed E-state index contributed by atoms with van der Waals surface area (Å²) in [5.74, 6) is 0. The number of thiophene rings is 2. The first-order chi connectivity index (χ1) is 32.3. The molecule has 65 heavy (non-hydrogen) atoms. The summed E-state index contributed by atoms with van der Waals surface area (Å²) in [5, 5.41) is 15.7. The van der Waals surface area contributed by atoms with E-state index < -0.39 is 8.07 Å². The number of para-hydroxylation sites is 3. The fourth-order valence-electron chi connectivity index (χ4n) is 11.0. The lowest BCUT2D eigenvalue weighted by molar-refractivity contribution is 1.14. The molecular formula is C59H37N3S2Si. The topological polar surface area (TPSA) is 22.8 Å². The van der Waals surface area contributed by atoms with Gasteiger partial charge in [0, 0.05) is 79.5 Å². The van der Waals surface area contributed by atoms with Crippen LogP contribution in [0, 0.1) is 0 Å². The number of nitrogens with zero attached hydrogens (tertiary/aromatic N) is 3. The van der Waals surface area contributed by atoms with Crippen LogP contribution in [0.1, 0.15) is 0 Å². The van der Waals surface area contributed by atoms with Crippen molar-refractivity contribution in [2.45, 2.75) is 0 Å². The molecule has 0 saturated heterocycles. The highest BCUT2D eigenvalue weighted by molar-refractivity contribution is 7.33. The van der Waals surface area contributed by atoms with E-state index in [1.165, 1.54) is 105 Å². The van der Waals surface area contributed by atoms with Crippen molar-refractivity contribution in [3.05, 3.63) is 225 Å². The van der Waals surface area contributed by atoms with E-state index in [1.54, 1.807) is 0 Å². The number of pyridine rings is 1. The second kappa shape index (κ2) is 14.2. The fraction of sp³-hybridized carbons (Fsp3) is 0. The Morgan fingerprint density at radius 3 is 1.31 bits per heavy atom. The molecule has 0 unspecified atom stereocenters. The lowest BCUT2D eigenvalue weighted by Gasteiger charge is -2.35. The van der Waals surface area contributed by atoms with Crippen LogP contribution in [0.2, 0.25) is 0 Å². The minimum absolute atomic E-state index is 0.978. The van der Waals surface area contributed by atoms with Crippen LogP contribution in [0.4, 0.5) is 0 Å². The summed E-state index contributed by atoms with van der Waals surface area (Å²) in [4.78, 5) is 4.93. The fourth-order valence-corrected chi connectivity index (χ4v) is 19.3. The normalized spacial score (nSPS) is 12.3. The highest BCUT2D eigenvalue weighted by Gasteiger charge is 2.44. The third-order valence-electron chi connectivity index (χ3n) is 13.7. The molecule has 6 heteroatoms. The van der Waals surface area contributed by atoms with Gasteiger partial charge in [0.25, 0.3) is 0 Å². The molecule has 0 spiro atoms. The molecule has 0 N–H and O–H groups in total. The Kier molecular flexibility index (Phi) is 8.04. The lowest BCUT2D eigenvalue weighted by Crippen LogP contribution is -2.74. The molecule has 9 aromatic carbocycles. The van der Waals surface area contributed by atoms with Gasteiger partial charge in [0.1, 0.15) is 5.65 Å². The second-order valence-electron chi connectivity index (χ2n) is 17.0. The molecule has 3 nitrogen and oxygen atoms in total. The summed E-state index contributed by atoms with van der Waals surface area (Å²) in [6.07, 6.45) is 1.90. The number of benzene rings is 9. The van der Waals surface area contributed by atoms with Crippen LogP contribution in [-0.4, -0.2) is 22.2 Å². The summed E-state index contributed by atoms with van der Waals surface area (Å²) in [6, 6.07) is 81.7. The van der Waals surface area contributed by atoms with Crippen LogP contribution >= 0.6 is 22.7 Å². The summed E-state index contributed by atoms with van der Waals surface area (Å²) in [6.45, 7) is 0. The summed E-state index contributed by atoms with van der Waals surface area (Å²) < 4.78 is 10.1. The maximum Gasteiger partial charge on any atom is 0.182 e. The molecule has 0 amide bonds. The summed E-state index contributed by atoms with van der Waals surface area (Å²) in [7, 11) is -3.03. The van der Waals surface area contributed by atoms with Gasteiger partial charge >= 0.3 is 0 Å². The monoisotopic (exact) mass is 879 g/mol. The molecule has 14 aromatic rings. The van der Waals surface area contributed by atoms with E-state index in [0.29, 0.717) is 0 Å². The number of rotatable bonds is 6. The predicted octanol–water partition coefficient (Wildman–Crippen LogP) is 13.4. The van der Waals surface area contributed by atoms with Crippen LogP contribution in [-0.2, 0) is 0 Å². The van der Waals surface area contributed by atoms with Gasteiger partial charge in [-0.1, -0.05) is 152 Å². The second-order valence-corrected chi connectivity index (χ2v) is 22.8. The van der Waals surface area contributed by atoms with Gasteiger partial charge in [0.15, 0.2) is 8.07 Å². The van der Waals surface area contributed by atoms with E-state index in [0.717, 1.165) is 11.3 Å². The molecule has 0 radical (unpaired) electrons. The number of fused-ring (bicyclic) bond motifs is 12. The highest BCUT2D eigenvalue weighted by Crippen LogP contribution is 2.41. The third-order valence-corrected chi connectivity index (χ3v) is 21.4. The van der Waals surface area contributed by atoms with E-state index in [1.807, 2.05) is 34.9 Å². The molecular weight excluding hydrogens is 843 g/mol. The van der Waals surface area contributed by atoms with Gasteiger partial charge in [-0.25, -0.2) is 4.98 Å². The van der Waals surface area contributed by atoms with Crippen LogP contribution in [0.15, 0.2) is 225 Å². The maximum absolute atomic E-state index is 4.93. The Bertz CT molecular complexity index is 3820. The molecule has 0 aliphatic heterocycles. The van der Waals surface area contributed by atoms with Crippen LogP contribution < -0.4 is 20.7 Å². The average molecular weight is 880 g/mol. The standard InChI is InChI=1S/C59H37N3S2Si/c1-3-16-40(17-4-1)65(41-18-5-2-6-19-41,55-29-13-23-45-48-36-38(31-33-53(48)63-57(45)55)61-50-26-10-7-20-42(50)43-21-8-11-27-51(43)61)56-30-14-24-46-49-37-39(32-34-54(49)64-58(46)56)62-52-28-12-9-22-44(52)47-25-15-35-60-59(47)62/h1-37H. The van der Waals surface area contributed by atoms with Gasteiger partial charge in [0.05, 0.1) is 16.6 Å². The maximum atomic E-state index is 4.93. The predicted molar refractivity (Wildman–Crippen MR) is 282 cm³/mol. The zero-order valence-corrected chi connectivity index (χ0v) is 37.7. The number of hydrogen-bond acceptors (Lipinski definition) is 3. The van der Waals surface area contributed by atoms with Crippen LogP contribution in [0.3, 0.4) is 0 Å². The average Bonchev–Trinajstić information content (AvgIpc) is 4.13. The van der Waals surface area contributed by atoms with Crippen molar-refractivity contribution >= 4 is 136 Å². The minimum Gasteiger partial charge on any atom is -0.309 e. The molecule has 0 saturated carbocycles. The van der Waals surface area contributed by atoms with Gasteiger partial charge < -0.3 is 4.57 Å². The lowest BCUT2D eigenvalue weighted by atomic mass is 10.1. The van der Waals surface area contributed by atoms with E-state index >= 15 is 0 Å². The Morgan fingerprint density at radius 2 is 0.769 bits per heavy atom. The zero-order valence-electron chi connectivity index (χ0n) is 35.0. The van der Waals surface area contributed by atoms with Gasteiger partial charge in [-0.05, 0) is 87.5 Å². The van der Waals surface area contributed by atoms with Crippen molar-refractivity contribution < 1.29 is 0 Å². The van der Waals surface area contributed by atoms with Crippen molar-refractivity contribution in [1.82, 2.24) is 14.1 Å². The molecule has 0 aliphatic rings. The van der Waals surface area contributed by atoms with E-state index in [2.05, 4.69) is 221 Å². The Hall–Kier alpha value is -7.61. The van der Waals surface area contributed by atoms with Crippen molar-refractivity contribution in [3.63, 3.8) is 0 Å². The molecule has 0 fully saturated rings. The molecule has 5 heterocycles. The number of aromatic nitrogens is 3. The molecule has 5 aromatic heterocycles.